The molecule has 0 spiro atoms. The smallest absolute Gasteiger partial charge is 0.274 e. The van der Waals surface area contributed by atoms with E-state index in [0.717, 1.165) is 35.4 Å². The summed E-state index contributed by atoms with van der Waals surface area (Å²) >= 11 is 0. The van der Waals surface area contributed by atoms with Gasteiger partial charge in [-0.05, 0) is 42.7 Å². The molecule has 0 atom stereocenters. The average Bonchev–Trinajstić information content (AvgIpc) is 3.29. The summed E-state index contributed by atoms with van der Waals surface area (Å²) < 4.78 is 3.82. The third kappa shape index (κ3) is 3.52. The topological polar surface area (TPSA) is 90.5 Å². The molecule has 4 aromatic rings. The fourth-order valence-corrected chi connectivity index (χ4v) is 3.30. The first-order chi connectivity index (χ1) is 14.2. The summed E-state index contributed by atoms with van der Waals surface area (Å²) in [4.78, 5) is 17.0. The van der Waals surface area contributed by atoms with Crippen LogP contribution in [0.25, 0.3) is 22.5 Å². The number of hydrogen-bond donors (Lipinski definition) is 1. The van der Waals surface area contributed by atoms with Gasteiger partial charge in [-0.2, -0.15) is 5.10 Å². The van der Waals surface area contributed by atoms with Gasteiger partial charge >= 0.3 is 0 Å². The van der Waals surface area contributed by atoms with Crippen molar-refractivity contribution in [1.29, 1.82) is 0 Å². The molecule has 3 aromatic heterocycles. The predicted octanol–water partition coefficient (Wildman–Crippen LogP) is 3.33. The number of pyridine rings is 1. The van der Waals surface area contributed by atoms with Gasteiger partial charge in [0.1, 0.15) is 12.0 Å². The lowest BCUT2D eigenvalue weighted by Gasteiger charge is -2.09. The maximum atomic E-state index is 12.8. The predicted molar refractivity (Wildman–Crippen MR) is 108 cm³/mol. The minimum atomic E-state index is -0.267. The first-order valence-corrected chi connectivity index (χ1v) is 9.44. The fraction of sp³-hybridized carbons (Fsp3) is 0.190. The third-order valence-electron chi connectivity index (χ3n) is 4.92. The average molecular weight is 385 g/mol. The van der Waals surface area contributed by atoms with Crippen LogP contribution in [0.5, 0.6) is 0 Å². The Bertz CT molecular complexity index is 1190. The number of nitrogens with one attached hydrogen (secondary N) is 1. The summed E-state index contributed by atoms with van der Waals surface area (Å²) in [5, 5.41) is 15.4. The van der Waals surface area contributed by atoms with Crippen molar-refractivity contribution >= 4 is 11.6 Å². The van der Waals surface area contributed by atoms with Crippen molar-refractivity contribution in [3.8, 4) is 22.5 Å². The molecule has 5 rings (SSSR count). The Labute approximate surface area is 167 Å². The zero-order valence-electron chi connectivity index (χ0n) is 15.9. The van der Waals surface area contributed by atoms with Gasteiger partial charge in [-0.15, -0.1) is 10.2 Å². The molecule has 1 aromatic carbocycles. The van der Waals surface area contributed by atoms with Crippen molar-refractivity contribution in [3.63, 3.8) is 0 Å². The lowest BCUT2D eigenvalue weighted by Crippen LogP contribution is -2.13. The van der Waals surface area contributed by atoms with Crippen LogP contribution in [0, 0.1) is 0 Å². The first kappa shape index (κ1) is 17.3. The summed E-state index contributed by atoms with van der Waals surface area (Å²) in [5.41, 5.74) is 3.78. The summed E-state index contributed by atoms with van der Waals surface area (Å²) in [6, 6.07) is 11.7. The highest BCUT2D eigenvalue weighted by Crippen LogP contribution is 2.37. The minimum Gasteiger partial charge on any atom is -0.321 e. The summed E-state index contributed by atoms with van der Waals surface area (Å²) in [5.74, 6) is 0.553. The van der Waals surface area contributed by atoms with Gasteiger partial charge in [-0.1, -0.05) is 12.1 Å². The molecule has 1 fully saturated rings. The third-order valence-corrected chi connectivity index (χ3v) is 4.92. The van der Waals surface area contributed by atoms with E-state index in [2.05, 4.69) is 30.2 Å². The largest absolute Gasteiger partial charge is 0.321 e. The number of hydrogen-bond acceptors (Lipinski definition) is 5. The lowest BCUT2D eigenvalue weighted by atomic mass is 10.1. The van der Waals surface area contributed by atoms with E-state index >= 15 is 0 Å². The maximum Gasteiger partial charge on any atom is 0.274 e. The van der Waals surface area contributed by atoms with E-state index < -0.39 is 0 Å². The van der Waals surface area contributed by atoms with Crippen molar-refractivity contribution < 1.29 is 4.79 Å². The number of carbonyl (C=O) groups is 1. The highest BCUT2D eigenvalue weighted by Gasteiger charge is 2.26. The zero-order chi connectivity index (χ0) is 19.8. The van der Waals surface area contributed by atoms with Gasteiger partial charge in [0.05, 0.1) is 6.20 Å². The second kappa shape index (κ2) is 6.97. The van der Waals surface area contributed by atoms with Crippen LogP contribution in [-0.4, -0.2) is 35.4 Å². The van der Waals surface area contributed by atoms with Gasteiger partial charge in [0.25, 0.3) is 5.91 Å². The van der Waals surface area contributed by atoms with Crippen molar-refractivity contribution in [1.82, 2.24) is 29.5 Å². The first-order valence-electron chi connectivity index (χ1n) is 9.44. The standard InChI is InChI=1S/C21H19N7O/c1-27-12-16(11-24-27)14-7-8-22-19(10-14)21(29)25-17-4-2-3-15(9-17)20-26-23-13-28(20)18-5-6-18/h2-4,7-13,18H,5-6H2,1H3,(H,25,29). The molecule has 1 amide bonds. The Morgan fingerprint density at radius 2 is 2.03 bits per heavy atom. The number of anilines is 1. The molecule has 144 valence electrons. The fourth-order valence-electron chi connectivity index (χ4n) is 3.30. The molecule has 0 saturated heterocycles. The molecule has 1 saturated carbocycles. The highest BCUT2D eigenvalue weighted by atomic mass is 16.1. The molecule has 3 heterocycles. The maximum absolute atomic E-state index is 12.8. The molecule has 8 nitrogen and oxygen atoms in total. The van der Waals surface area contributed by atoms with Crippen molar-refractivity contribution in [2.75, 3.05) is 5.32 Å². The number of aryl methyl sites for hydroxylation is 1. The number of rotatable bonds is 5. The minimum absolute atomic E-state index is 0.267. The zero-order valence-corrected chi connectivity index (χ0v) is 15.9. The highest BCUT2D eigenvalue weighted by molar-refractivity contribution is 6.03. The number of carbonyl (C=O) groups excluding carboxylic acids is 1. The summed E-state index contributed by atoms with van der Waals surface area (Å²) in [6.07, 6.45) is 9.37. The van der Waals surface area contributed by atoms with E-state index in [1.54, 1.807) is 29.5 Å². The summed E-state index contributed by atoms with van der Waals surface area (Å²) in [6.45, 7) is 0. The van der Waals surface area contributed by atoms with E-state index in [0.29, 0.717) is 17.4 Å². The Balaban J connectivity index is 1.38. The van der Waals surface area contributed by atoms with Crippen molar-refractivity contribution in [3.05, 3.63) is 67.0 Å². The van der Waals surface area contributed by atoms with Crippen LogP contribution in [0.15, 0.2) is 61.3 Å². The summed E-state index contributed by atoms with van der Waals surface area (Å²) in [7, 11) is 1.86. The van der Waals surface area contributed by atoms with Gasteiger partial charge in [0.2, 0.25) is 0 Å². The van der Waals surface area contributed by atoms with E-state index in [4.69, 9.17) is 0 Å². The molecule has 1 aliphatic carbocycles. The molecule has 0 bridgehead atoms. The molecule has 0 aliphatic heterocycles. The Morgan fingerprint density at radius 1 is 1.14 bits per heavy atom. The van der Waals surface area contributed by atoms with E-state index in [1.165, 1.54) is 0 Å². The quantitative estimate of drug-likeness (QED) is 0.569. The van der Waals surface area contributed by atoms with Crippen LogP contribution in [0.3, 0.4) is 0 Å². The molecule has 0 radical (unpaired) electrons. The Hall–Kier alpha value is -3.81. The SMILES string of the molecule is Cn1cc(-c2ccnc(C(=O)Nc3cccc(-c4nncn4C4CC4)c3)c2)cn1. The van der Waals surface area contributed by atoms with Crippen LogP contribution in [-0.2, 0) is 7.05 Å². The van der Waals surface area contributed by atoms with Crippen LogP contribution in [0.4, 0.5) is 5.69 Å². The molecular weight excluding hydrogens is 366 g/mol. The van der Waals surface area contributed by atoms with Gasteiger partial charge in [-0.3, -0.25) is 14.5 Å². The Morgan fingerprint density at radius 3 is 2.83 bits per heavy atom. The van der Waals surface area contributed by atoms with E-state index in [9.17, 15) is 4.79 Å². The Kier molecular flexibility index (Phi) is 4.16. The van der Waals surface area contributed by atoms with Crippen LogP contribution in [0.1, 0.15) is 29.4 Å². The van der Waals surface area contributed by atoms with Gasteiger partial charge < -0.3 is 9.88 Å². The molecule has 1 aliphatic rings. The molecule has 29 heavy (non-hydrogen) atoms. The monoisotopic (exact) mass is 385 g/mol. The van der Waals surface area contributed by atoms with Gasteiger partial charge in [0, 0.05) is 42.3 Å². The van der Waals surface area contributed by atoms with Crippen LogP contribution >= 0.6 is 0 Å². The van der Waals surface area contributed by atoms with Gasteiger partial charge in [0.15, 0.2) is 5.82 Å². The van der Waals surface area contributed by atoms with Crippen LogP contribution < -0.4 is 5.32 Å². The number of benzene rings is 1. The van der Waals surface area contributed by atoms with E-state index in [-0.39, 0.29) is 5.91 Å². The van der Waals surface area contributed by atoms with Gasteiger partial charge in [-0.25, -0.2) is 0 Å². The van der Waals surface area contributed by atoms with E-state index in [1.807, 2.05) is 43.6 Å². The lowest BCUT2D eigenvalue weighted by molar-refractivity contribution is 0.102. The molecular formula is C21H19N7O. The number of aromatic nitrogens is 6. The second-order valence-electron chi connectivity index (χ2n) is 7.16. The number of amides is 1. The molecule has 8 heteroatoms. The normalized spacial score (nSPS) is 13.4. The number of nitrogens with zero attached hydrogens (tertiary/aromatic N) is 6. The molecule has 1 N–H and O–H groups in total. The van der Waals surface area contributed by atoms with Crippen molar-refractivity contribution in [2.24, 2.45) is 7.05 Å². The molecule has 0 unspecified atom stereocenters. The second-order valence-corrected chi connectivity index (χ2v) is 7.16. The van der Waals surface area contributed by atoms with Crippen molar-refractivity contribution in [2.45, 2.75) is 18.9 Å². The van der Waals surface area contributed by atoms with Crippen LogP contribution in [0.2, 0.25) is 0 Å².